The topological polar surface area (TPSA) is 301 Å². The lowest BCUT2D eigenvalue weighted by atomic mass is 9.33. The molecule has 3 heterocycles. The molecule has 0 aromatic heterocycles. The second-order valence-corrected chi connectivity index (χ2v) is 23.7. The highest BCUT2D eigenvalue weighted by Gasteiger charge is 2.70. The fourth-order valence-electron chi connectivity index (χ4n) is 15.1. The molecule has 3 saturated heterocycles. The van der Waals surface area contributed by atoms with Crippen LogP contribution in [0.15, 0.2) is 11.6 Å². The summed E-state index contributed by atoms with van der Waals surface area (Å²) >= 11 is 0. The fourth-order valence-corrected chi connectivity index (χ4v) is 15.1. The van der Waals surface area contributed by atoms with Crippen LogP contribution in [-0.2, 0) is 42.7 Å². The van der Waals surface area contributed by atoms with Crippen molar-refractivity contribution in [3.8, 4) is 0 Å². The van der Waals surface area contributed by atoms with Gasteiger partial charge < -0.3 is 84.2 Å². The number of aliphatic hydroxyl groups is 10. The number of aliphatic hydroxyl groups excluding tert-OH is 10. The van der Waals surface area contributed by atoms with E-state index in [9.17, 15) is 60.7 Å². The molecule has 10 N–H and O–H groups in total. The number of hydrogen-bond acceptors (Lipinski definition) is 19. The second kappa shape index (κ2) is 18.5. The van der Waals surface area contributed by atoms with Crippen LogP contribution < -0.4 is 0 Å². The van der Waals surface area contributed by atoms with Gasteiger partial charge in [0, 0.05) is 0 Å². The van der Waals surface area contributed by atoms with Crippen molar-refractivity contribution in [3.05, 3.63) is 11.6 Å². The fraction of sp³-hybridized carbons (Fsp3) is 0.918. The van der Waals surface area contributed by atoms with Crippen LogP contribution in [0.4, 0.5) is 0 Å². The van der Waals surface area contributed by atoms with Crippen molar-refractivity contribution in [1.29, 1.82) is 0 Å². The molecule has 0 aromatic rings. The summed E-state index contributed by atoms with van der Waals surface area (Å²) in [6.45, 7) is 14.6. The highest BCUT2D eigenvalue weighted by molar-refractivity contribution is 5.79. The van der Waals surface area contributed by atoms with E-state index in [1.807, 2.05) is 0 Å². The Morgan fingerprint density at radius 1 is 0.647 bits per heavy atom. The highest BCUT2D eigenvalue weighted by atomic mass is 16.8. The van der Waals surface area contributed by atoms with Gasteiger partial charge in [-0.25, -0.2) is 4.79 Å². The van der Waals surface area contributed by atoms with E-state index in [0.29, 0.717) is 25.7 Å². The van der Waals surface area contributed by atoms with Crippen molar-refractivity contribution >= 4 is 11.9 Å². The Morgan fingerprint density at radius 2 is 1.25 bits per heavy atom. The van der Waals surface area contributed by atoms with Crippen molar-refractivity contribution in [2.24, 2.45) is 50.2 Å². The summed E-state index contributed by atoms with van der Waals surface area (Å²) in [4.78, 5) is 27.6. The Bertz CT molecular complexity index is 1890. The summed E-state index contributed by atoms with van der Waals surface area (Å²) in [5, 5.41) is 106. The molecule has 19 nitrogen and oxygen atoms in total. The third-order valence-electron chi connectivity index (χ3n) is 19.5. The Labute approximate surface area is 398 Å². The van der Waals surface area contributed by atoms with Crippen LogP contribution in [0.25, 0.3) is 0 Å². The molecule has 19 heteroatoms. The molecular weight excluding hydrogens is 893 g/mol. The standard InChI is InChI=1S/C49H78O19/c1-44(2)15-17-49(43(61)68-41-36(59)32(55)30(53)25(21-51)64-41)18-16-47(6)22(23(49)19-44)9-10-27-46(5)13-12-28(45(3,4)26(46)11-14-48(27,47)7)65-42-38(34(57)33(56)37(66-42)39(60)62-8)67-40-35(58)31(54)29(52)24(20-50)63-40/h9,23-38,40-42,50-59H,10-21H2,1-8H3/t23-,24+,25+,26-,27+,28-,29+,30+,31-,32-,33-,34-,35+,36+,37-,38+,40-,41-,42+,46-,47+,48+,49-/m0/s1. The average molecular weight is 971 g/mol. The van der Waals surface area contributed by atoms with Crippen molar-refractivity contribution in [2.75, 3.05) is 20.3 Å². The predicted octanol–water partition coefficient (Wildman–Crippen LogP) is 0.321. The lowest BCUT2D eigenvalue weighted by molar-refractivity contribution is -0.374. The highest BCUT2D eigenvalue weighted by Crippen LogP contribution is 2.76. The van der Waals surface area contributed by atoms with Crippen molar-refractivity contribution in [3.63, 3.8) is 0 Å². The van der Waals surface area contributed by atoms with Gasteiger partial charge in [0.25, 0.3) is 0 Å². The summed E-state index contributed by atoms with van der Waals surface area (Å²) < 4.78 is 41.0. The predicted molar refractivity (Wildman–Crippen MR) is 235 cm³/mol. The van der Waals surface area contributed by atoms with Crippen molar-refractivity contribution in [2.45, 2.75) is 211 Å². The van der Waals surface area contributed by atoms with Gasteiger partial charge in [0.2, 0.25) is 6.29 Å². The Morgan fingerprint density at radius 3 is 1.87 bits per heavy atom. The molecule has 8 rings (SSSR count). The van der Waals surface area contributed by atoms with Crippen LogP contribution in [0.1, 0.15) is 113 Å². The minimum Gasteiger partial charge on any atom is -0.467 e. The van der Waals surface area contributed by atoms with Gasteiger partial charge in [-0.1, -0.05) is 60.1 Å². The third-order valence-corrected chi connectivity index (χ3v) is 19.5. The average Bonchev–Trinajstić information content (AvgIpc) is 3.29. The van der Waals surface area contributed by atoms with Gasteiger partial charge in [-0.15, -0.1) is 0 Å². The van der Waals surface area contributed by atoms with Gasteiger partial charge in [0.1, 0.15) is 67.1 Å². The Hall–Kier alpha value is -1.92. The van der Waals surface area contributed by atoms with E-state index in [-0.39, 0.29) is 39.4 Å². The minimum absolute atomic E-state index is 0.0770. The molecule has 0 bridgehead atoms. The van der Waals surface area contributed by atoms with Gasteiger partial charge in [-0.2, -0.15) is 0 Å². The van der Waals surface area contributed by atoms with Gasteiger partial charge in [0.15, 0.2) is 18.7 Å². The molecule has 0 aromatic carbocycles. The number of ether oxygens (including phenoxy) is 7. The van der Waals surface area contributed by atoms with E-state index in [2.05, 4.69) is 54.5 Å². The number of allylic oxidation sites excluding steroid dienone is 2. The summed E-state index contributed by atoms with van der Waals surface area (Å²) in [5.74, 6) is -1.30. The largest absolute Gasteiger partial charge is 0.467 e. The third kappa shape index (κ3) is 8.13. The maximum Gasteiger partial charge on any atom is 0.337 e. The Balaban J connectivity index is 1.05. The normalized spacial score (nSPS) is 52.0. The lowest BCUT2D eigenvalue weighted by Crippen LogP contribution is -2.67. The maximum absolute atomic E-state index is 14.7. The molecule has 23 atom stereocenters. The first-order chi connectivity index (χ1) is 31.8. The first kappa shape index (κ1) is 52.4. The SMILES string of the molecule is COC(=O)[C@H]1O[C@@H](O[C@H]2CC[C@]3(C)[C@H]4CC=C5[C@@H]6CC(C)(C)CC[C@]6(C(=O)O[C@@H]6O[C@H](CO)[C@@H](O)[C@H](O)[C@H]6O)CC[C@@]5(C)[C@]4(C)CC[C@H]3C2(C)C)[C@H](O[C@@H]2O[C@H](CO)[C@@H](O)[C@H](O)[C@H]2O)[C@@H](O)[C@@H]1O. The molecule has 8 aliphatic rings. The van der Waals surface area contributed by atoms with Crippen LogP contribution in [-0.4, -0.2) is 182 Å². The first-order valence-electron chi connectivity index (χ1n) is 24.7. The zero-order valence-corrected chi connectivity index (χ0v) is 40.7. The van der Waals surface area contributed by atoms with Crippen LogP contribution in [0.2, 0.25) is 0 Å². The molecule has 0 amide bonds. The van der Waals surface area contributed by atoms with Crippen molar-refractivity contribution in [1.82, 2.24) is 0 Å². The van der Waals surface area contributed by atoms with Crippen LogP contribution in [0, 0.1) is 50.2 Å². The van der Waals surface area contributed by atoms with Crippen LogP contribution in [0.5, 0.6) is 0 Å². The van der Waals surface area contributed by atoms with E-state index in [1.54, 1.807) is 0 Å². The molecule has 5 aliphatic carbocycles. The van der Waals surface area contributed by atoms with Crippen molar-refractivity contribution < 1.29 is 93.8 Å². The smallest absolute Gasteiger partial charge is 0.337 e. The number of rotatable bonds is 9. The molecule has 3 aliphatic heterocycles. The zero-order chi connectivity index (χ0) is 49.8. The number of fused-ring (bicyclic) bond motifs is 7. The minimum atomic E-state index is -1.85. The number of methoxy groups -OCH3 is 1. The number of carbonyl (C=O) groups is 2. The first-order valence-corrected chi connectivity index (χ1v) is 24.7. The summed E-state index contributed by atoms with van der Waals surface area (Å²) in [6, 6.07) is 0. The van der Waals surface area contributed by atoms with E-state index in [1.165, 1.54) is 5.57 Å². The molecular formula is C49H78O19. The molecule has 68 heavy (non-hydrogen) atoms. The van der Waals surface area contributed by atoms with E-state index >= 15 is 0 Å². The molecule has 4 saturated carbocycles. The summed E-state index contributed by atoms with van der Waals surface area (Å²) in [5.41, 5.74) is -0.950. The van der Waals surface area contributed by atoms with Crippen LogP contribution in [0.3, 0.4) is 0 Å². The van der Waals surface area contributed by atoms with E-state index in [4.69, 9.17) is 33.2 Å². The molecule has 0 radical (unpaired) electrons. The molecule has 0 spiro atoms. The number of carbonyl (C=O) groups excluding carboxylic acids is 2. The van der Waals surface area contributed by atoms with Gasteiger partial charge in [-0.05, 0) is 109 Å². The molecule has 0 unspecified atom stereocenters. The van der Waals surface area contributed by atoms with E-state index < -0.39 is 134 Å². The van der Waals surface area contributed by atoms with Crippen LogP contribution >= 0.6 is 0 Å². The summed E-state index contributed by atoms with van der Waals surface area (Å²) in [6.07, 6.45) is -15.5. The number of hydrogen-bond donors (Lipinski definition) is 10. The monoisotopic (exact) mass is 971 g/mol. The van der Waals surface area contributed by atoms with Gasteiger partial charge >= 0.3 is 11.9 Å². The molecule has 388 valence electrons. The number of esters is 2. The maximum atomic E-state index is 14.7. The van der Waals surface area contributed by atoms with E-state index in [0.717, 1.165) is 45.6 Å². The zero-order valence-electron chi connectivity index (χ0n) is 40.7. The molecule has 7 fully saturated rings. The van der Waals surface area contributed by atoms with Gasteiger partial charge in [0.05, 0.1) is 31.8 Å². The van der Waals surface area contributed by atoms with Gasteiger partial charge in [-0.3, -0.25) is 4.79 Å². The lowest BCUT2D eigenvalue weighted by Gasteiger charge is -2.71. The summed E-state index contributed by atoms with van der Waals surface area (Å²) in [7, 11) is 1.12. The second-order valence-electron chi connectivity index (χ2n) is 23.7. The quantitative estimate of drug-likeness (QED) is 0.0846. The Kier molecular flexibility index (Phi) is 14.3.